The van der Waals surface area contributed by atoms with E-state index in [0.29, 0.717) is 5.41 Å². The Kier molecular flexibility index (Phi) is 12.4. The smallest absolute Gasteiger partial charge is 0.00303 e. The molecule has 0 saturated carbocycles. The van der Waals surface area contributed by atoms with E-state index in [9.17, 15) is 0 Å². The van der Waals surface area contributed by atoms with E-state index in [-0.39, 0.29) is 0 Å². The van der Waals surface area contributed by atoms with Crippen LogP contribution in [-0.2, 0) is 0 Å². The van der Waals surface area contributed by atoms with Gasteiger partial charge >= 0.3 is 0 Å². The van der Waals surface area contributed by atoms with E-state index in [2.05, 4.69) is 53.4 Å². The molecule has 2 atom stereocenters. The van der Waals surface area contributed by atoms with E-state index in [1.54, 1.807) is 0 Å². The molecule has 0 radical (unpaired) electrons. The summed E-state index contributed by atoms with van der Waals surface area (Å²) >= 11 is 0. The van der Waals surface area contributed by atoms with Gasteiger partial charge in [-0.2, -0.15) is 0 Å². The Morgan fingerprint density at radius 1 is 0.727 bits per heavy atom. The van der Waals surface area contributed by atoms with Crippen molar-refractivity contribution in [2.24, 2.45) is 17.3 Å². The summed E-state index contributed by atoms with van der Waals surface area (Å²) in [6.07, 6.45) is 11.0. The first-order valence-corrected chi connectivity index (χ1v) is 10.1. The number of nitrogens with zero attached hydrogens (tertiary/aromatic N) is 1. The Bertz CT molecular complexity index is 223. The average molecular weight is 312 g/mol. The number of hydrogen-bond donors (Lipinski definition) is 0. The van der Waals surface area contributed by atoms with E-state index in [4.69, 9.17) is 0 Å². The molecule has 0 bridgehead atoms. The average Bonchev–Trinajstić information content (AvgIpc) is 2.45. The van der Waals surface area contributed by atoms with Gasteiger partial charge in [0.1, 0.15) is 0 Å². The van der Waals surface area contributed by atoms with Crippen LogP contribution in [0.25, 0.3) is 0 Å². The molecule has 1 nitrogen and oxygen atoms in total. The Balaban J connectivity index is 4.64. The third-order valence-electron chi connectivity index (χ3n) is 4.82. The fraction of sp³-hybridized carbons (Fsp3) is 1.00. The minimum atomic E-state index is 0.409. The molecule has 0 N–H and O–H groups in total. The molecule has 0 aliphatic carbocycles. The third kappa shape index (κ3) is 11.5. The van der Waals surface area contributed by atoms with Crippen LogP contribution in [-0.4, -0.2) is 24.5 Å². The first kappa shape index (κ1) is 22.0. The number of hydrogen-bond acceptors (Lipinski definition) is 1. The molecule has 0 spiro atoms. The maximum Gasteiger partial charge on any atom is 0.00303 e. The van der Waals surface area contributed by atoms with Crippen LogP contribution in [0.1, 0.15) is 99.8 Å². The lowest BCUT2D eigenvalue weighted by Crippen LogP contribution is -2.39. The zero-order valence-electron chi connectivity index (χ0n) is 16.9. The molecule has 0 aliphatic heterocycles. The fourth-order valence-corrected chi connectivity index (χ4v) is 3.44. The molecule has 1 heteroatoms. The number of unbranched alkanes of at least 4 members (excludes halogenated alkanes) is 2. The van der Waals surface area contributed by atoms with Gasteiger partial charge < -0.3 is 4.90 Å². The van der Waals surface area contributed by atoms with Gasteiger partial charge in [-0.25, -0.2) is 0 Å². The Morgan fingerprint density at radius 2 is 1.14 bits per heavy atom. The van der Waals surface area contributed by atoms with Gasteiger partial charge in [-0.1, -0.05) is 87.0 Å². The van der Waals surface area contributed by atoms with Crippen LogP contribution in [0.5, 0.6) is 0 Å². The molecule has 0 fully saturated rings. The van der Waals surface area contributed by atoms with E-state index in [1.165, 1.54) is 71.0 Å². The van der Waals surface area contributed by atoms with Crippen LogP contribution >= 0.6 is 0 Å². The highest BCUT2D eigenvalue weighted by molar-refractivity contribution is 4.75. The molecule has 2 unspecified atom stereocenters. The summed E-state index contributed by atoms with van der Waals surface area (Å²) in [4.78, 5) is 2.80. The van der Waals surface area contributed by atoms with E-state index in [1.807, 2.05) is 0 Å². The summed E-state index contributed by atoms with van der Waals surface area (Å²) in [5.41, 5.74) is 0.409. The molecule has 0 aromatic heterocycles. The lowest BCUT2D eigenvalue weighted by molar-refractivity contribution is 0.134. The van der Waals surface area contributed by atoms with Crippen LogP contribution in [0.2, 0.25) is 0 Å². The highest BCUT2D eigenvalue weighted by atomic mass is 15.1. The summed E-state index contributed by atoms with van der Waals surface area (Å²) < 4.78 is 0. The van der Waals surface area contributed by atoms with Crippen molar-refractivity contribution >= 4 is 0 Å². The van der Waals surface area contributed by atoms with Crippen LogP contribution in [0.4, 0.5) is 0 Å². The van der Waals surface area contributed by atoms with E-state index < -0.39 is 0 Å². The largest absolute Gasteiger partial charge is 0.302 e. The van der Waals surface area contributed by atoms with Crippen molar-refractivity contribution < 1.29 is 0 Å². The molecule has 0 heterocycles. The van der Waals surface area contributed by atoms with Crippen molar-refractivity contribution in [1.82, 2.24) is 4.90 Å². The normalized spacial score (nSPS) is 15.3. The van der Waals surface area contributed by atoms with Gasteiger partial charge in [0.25, 0.3) is 0 Å². The quantitative estimate of drug-likeness (QED) is 0.363. The van der Waals surface area contributed by atoms with Gasteiger partial charge in [-0.15, -0.1) is 0 Å². The molecule has 0 aromatic rings. The predicted octanol–water partition coefficient (Wildman–Crippen LogP) is 6.77. The standard InChI is InChI=1S/C21H45N/c1-8-12-14-19(10-3)16-22(18-21(5,6)7)17-20(11-4)15-13-9-2/h19-20H,8-18H2,1-7H3. The van der Waals surface area contributed by atoms with Gasteiger partial charge in [0.15, 0.2) is 0 Å². The Labute approximate surface area is 142 Å². The summed E-state index contributed by atoms with van der Waals surface area (Å²) in [6, 6.07) is 0. The molecule has 134 valence electrons. The monoisotopic (exact) mass is 311 g/mol. The lowest BCUT2D eigenvalue weighted by Gasteiger charge is -2.35. The minimum absolute atomic E-state index is 0.409. The second-order valence-corrected chi connectivity index (χ2v) is 8.59. The summed E-state index contributed by atoms with van der Waals surface area (Å²) in [6.45, 7) is 20.4. The topological polar surface area (TPSA) is 3.24 Å². The predicted molar refractivity (Wildman–Crippen MR) is 103 cm³/mol. The molecule has 0 aromatic carbocycles. The van der Waals surface area contributed by atoms with Crippen molar-refractivity contribution in [3.63, 3.8) is 0 Å². The number of rotatable bonds is 13. The zero-order valence-corrected chi connectivity index (χ0v) is 16.9. The summed E-state index contributed by atoms with van der Waals surface area (Å²) in [5.74, 6) is 1.79. The lowest BCUT2D eigenvalue weighted by atomic mass is 9.91. The van der Waals surface area contributed by atoms with Crippen molar-refractivity contribution in [1.29, 1.82) is 0 Å². The second-order valence-electron chi connectivity index (χ2n) is 8.59. The summed E-state index contributed by atoms with van der Waals surface area (Å²) in [7, 11) is 0. The Morgan fingerprint density at radius 3 is 1.41 bits per heavy atom. The highest BCUT2D eigenvalue weighted by Crippen LogP contribution is 2.23. The van der Waals surface area contributed by atoms with Crippen LogP contribution in [0.15, 0.2) is 0 Å². The molecule has 0 rings (SSSR count). The van der Waals surface area contributed by atoms with Gasteiger partial charge in [0.2, 0.25) is 0 Å². The molecule has 0 aliphatic rings. The second kappa shape index (κ2) is 12.4. The van der Waals surface area contributed by atoms with Crippen LogP contribution in [0.3, 0.4) is 0 Å². The van der Waals surface area contributed by atoms with Crippen molar-refractivity contribution in [2.75, 3.05) is 19.6 Å². The van der Waals surface area contributed by atoms with Crippen molar-refractivity contribution in [2.45, 2.75) is 99.8 Å². The van der Waals surface area contributed by atoms with Gasteiger partial charge in [0, 0.05) is 19.6 Å². The molecule has 0 saturated heterocycles. The van der Waals surface area contributed by atoms with E-state index in [0.717, 1.165) is 11.8 Å². The van der Waals surface area contributed by atoms with Crippen LogP contribution < -0.4 is 0 Å². The van der Waals surface area contributed by atoms with Gasteiger partial charge in [0.05, 0.1) is 0 Å². The zero-order chi connectivity index (χ0) is 17.0. The van der Waals surface area contributed by atoms with Crippen molar-refractivity contribution in [3.8, 4) is 0 Å². The first-order valence-electron chi connectivity index (χ1n) is 10.1. The Hall–Kier alpha value is -0.0400. The molecule has 0 amide bonds. The minimum Gasteiger partial charge on any atom is -0.302 e. The van der Waals surface area contributed by atoms with Crippen molar-refractivity contribution in [3.05, 3.63) is 0 Å². The van der Waals surface area contributed by atoms with E-state index >= 15 is 0 Å². The molecule has 22 heavy (non-hydrogen) atoms. The van der Waals surface area contributed by atoms with Gasteiger partial charge in [-0.05, 0) is 30.1 Å². The van der Waals surface area contributed by atoms with Crippen LogP contribution in [0, 0.1) is 17.3 Å². The molecular formula is C21H45N. The highest BCUT2D eigenvalue weighted by Gasteiger charge is 2.21. The fourth-order valence-electron chi connectivity index (χ4n) is 3.44. The molecular weight excluding hydrogens is 266 g/mol. The first-order chi connectivity index (χ1) is 10.4. The maximum absolute atomic E-state index is 2.80. The maximum atomic E-state index is 2.80. The van der Waals surface area contributed by atoms with Gasteiger partial charge in [-0.3, -0.25) is 0 Å². The summed E-state index contributed by atoms with van der Waals surface area (Å²) in [5, 5.41) is 0. The third-order valence-corrected chi connectivity index (χ3v) is 4.82. The SMILES string of the molecule is CCCCC(CC)CN(CC(CC)CCCC)CC(C)(C)C.